The Morgan fingerprint density at radius 2 is 1.78 bits per heavy atom. The summed E-state index contributed by atoms with van der Waals surface area (Å²) in [7, 11) is -0.367. The fourth-order valence-electron chi connectivity index (χ4n) is 3.59. The van der Waals surface area contributed by atoms with Crippen LogP contribution in [0.25, 0.3) is 21.9 Å². The molecular formula is C24H23FN2O4S. The number of rotatable bonds is 6. The summed E-state index contributed by atoms with van der Waals surface area (Å²) >= 11 is 0. The predicted octanol–water partition coefficient (Wildman–Crippen LogP) is 5.17. The molecular weight excluding hydrogens is 431 g/mol. The Hall–Kier alpha value is -3.17. The van der Waals surface area contributed by atoms with Gasteiger partial charge in [-0.3, -0.25) is 13.9 Å². The highest BCUT2D eigenvalue weighted by Gasteiger charge is 2.22. The van der Waals surface area contributed by atoms with Crippen LogP contribution in [-0.4, -0.2) is 20.8 Å². The van der Waals surface area contributed by atoms with Crippen molar-refractivity contribution in [3.8, 4) is 16.9 Å². The highest BCUT2D eigenvalue weighted by Crippen LogP contribution is 2.50. The van der Waals surface area contributed by atoms with E-state index in [9.17, 15) is 18.3 Å². The number of fused-ring (bicyclic) bond motifs is 1. The molecule has 1 aromatic heterocycles. The second-order valence-electron chi connectivity index (χ2n) is 7.37. The van der Waals surface area contributed by atoms with Gasteiger partial charge in [-0.25, -0.2) is 9.11 Å². The fourth-order valence-corrected chi connectivity index (χ4v) is 4.84. The van der Waals surface area contributed by atoms with Crippen LogP contribution in [0.1, 0.15) is 5.56 Å². The van der Waals surface area contributed by atoms with Gasteiger partial charge in [0, 0.05) is 25.4 Å². The van der Waals surface area contributed by atoms with Crippen molar-refractivity contribution < 1.29 is 18.2 Å². The van der Waals surface area contributed by atoms with Crippen molar-refractivity contribution >= 4 is 21.5 Å². The summed E-state index contributed by atoms with van der Waals surface area (Å²) in [4.78, 5) is 12.7. The molecule has 0 radical (unpaired) electrons. The summed E-state index contributed by atoms with van der Waals surface area (Å²) in [5.41, 5.74) is 1.87. The molecule has 1 heterocycles. The molecule has 166 valence electrons. The number of nitrogens with zero attached hydrogens (tertiary/aromatic N) is 1. The molecule has 32 heavy (non-hydrogen) atoms. The number of nitrogens with one attached hydrogen (secondary N) is 1. The molecule has 4 aromatic rings. The first-order valence-electron chi connectivity index (χ1n) is 9.84. The van der Waals surface area contributed by atoms with Crippen molar-refractivity contribution in [3.63, 3.8) is 0 Å². The van der Waals surface area contributed by atoms with E-state index < -0.39 is 16.6 Å². The molecule has 0 saturated heterocycles. The fraction of sp³-hybridized carbons (Fsp3) is 0.125. The Bertz CT molecular complexity index is 1340. The summed E-state index contributed by atoms with van der Waals surface area (Å²) in [6.07, 6.45) is 1.65. The van der Waals surface area contributed by atoms with E-state index in [0.717, 1.165) is 5.56 Å². The van der Waals surface area contributed by atoms with E-state index >= 15 is 0 Å². The van der Waals surface area contributed by atoms with Gasteiger partial charge >= 0.3 is 0 Å². The van der Waals surface area contributed by atoms with Crippen LogP contribution in [-0.2, 0) is 13.6 Å². The highest BCUT2D eigenvalue weighted by molar-refractivity contribution is 8.22. The molecule has 0 bridgehead atoms. The van der Waals surface area contributed by atoms with E-state index in [1.54, 1.807) is 37.5 Å². The summed E-state index contributed by atoms with van der Waals surface area (Å²) in [5, 5.41) is 0.815. The average molecular weight is 455 g/mol. The zero-order valence-electron chi connectivity index (χ0n) is 17.6. The lowest BCUT2D eigenvalue weighted by Crippen LogP contribution is -2.20. The van der Waals surface area contributed by atoms with Crippen LogP contribution in [0.5, 0.6) is 5.75 Å². The lowest BCUT2D eigenvalue weighted by Gasteiger charge is -2.34. The summed E-state index contributed by atoms with van der Waals surface area (Å²) in [6.45, 7) is 0.249. The molecule has 6 nitrogen and oxygen atoms in total. The molecule has 0 aliphatic heterocycles. The number of pyridine rings is 1. The van der Waals surface area contributed by atoms with Crippen molar-refractivity contribution in [1.29, 1.82) is 0 Å². The third-order valence-corrected chi connectivity index (χ3v) is 6.73. The van der Waals surface area contributed by atoms with Gasteiger partial charge in [0.2, 0.25) is 0 Å². The molecule has 3 aromatic carbocycles. The van der Waals surface area contributed by atoms with E-state index in [4.69, 9.17) is 4.74 Å². The van der Waals surface area contributed by atoms with Gasteiger partial charge in [0.1, 0.15) is 16.5 Å². The third-order valence-electron chi connectivity index (χ3n) is 5.25. The van der Waals surface area contributed by atoms with Gasteiger partial charge < -0.3 is 9.30 Å². The number of ether oxygens (including phenoxy) is 1. The topological polar surface area (TPSA) is 83.7 Å². The maximum absolute atomic E-state index is 13.8. The van der Waals surface area contributed by atoms with Gasteiger partial charge in [0.25, 0.3) is 5.56 Å². The van der Waals surface area contributed by atoms with E-state index in [2.05, 4.69) is 4.72 Å². The number of hydrogen-bond acceptors (Lipinski definition) is 5. The standard InChI is InChI=1S/C24H23FN2O4S/c1-27-15-21(19-10-9-18(25)13-20(19)24(27)28)17-8-11-22(31-2)23(12-17)32(29,30)26-14-16-6-4-3-5-7-16/h3-13,15,26,29-30H,14H2,1-2H3. The maximum atomic E-state index is 13.8. The quantitative estimate of drug-likeness (QED) is 0.374. The van der Waals surface area contributed by atoms with Crippen LogP contribution in [0.3, 0.4) is 0 Å². The van der Waals surface area contributed by atoms with E-state index in [0.29, 0.717) is 22.3 Å². The predicted molar refractivity (Wildman–Crippen MR) is 126 cm³/mol. The van der Waals surface area contributed by atoms with Crippen LogP contribution in [0.15, 0.2) is 82.6 Å². The second-order valence-corrected chi connectivity index (χ2v) is 9.20. The van der Waals surface area contributed by atoms with Crippen molar-refractivity contribution in [2.24, 2.45) is 7.05 Å². The largest absolute Gasteiger partial charge is 0.495 e. The molecule has 0 atom stereocenters. The first kappa shape index (κ1) is 22.0. The van der Waals surface area contributed by atoms with Gasteiger partial charge in [-0.05, 0) is 40.8 Å². The number of hydrogen-bond donors (Lipinski definition) is 3. The Balaban J connectivity index is 1.81. The lowest BCUT2D eigenvalue weighted by molar-refractivity contribution is 0.395. The van der Waals surface area contributed by atoms with Crippen molar-refractivity contribution in [3.05, 3.63) is 94.7 Å². The van der Waals surface area contributed by atoms with Crippen LogP contribution in [0, 0.1) is 5.82 Å². The maximum Gasteiger partial charge on any atom is 0.258 e. The monoisotopic (exact) mass is 454 g/mol. The number of aryl methyl sites for hydroxylation is 1. The van der Waals surface area contributed by atoms with Crippen LogP contribution < -0.4 is 15.0 Å². The Labute approximate surface area is 186 Å². The van der Waals surface area contributed by atoms with Gasteiger partial charge in [-0.1, -0.05) is 42.5 Å². The third kappa shape index (κ3) is 4.26. The molecule has 0 aliphatic rings. The molecule has 4 rings (SSSR count). The minimum atomic E-state index is -3.41. The normalized spacial score (nSPS) is 12.2. The van der Waals surface area contributed by atoms with Crippen molar-refractivity contribution in [2.45, 2.75) is 11.4 Å². The smallest absolute Gasteiger partial charge is 0.258 e. The first-order chi connectivity index (χ1) is 15.3. The van der Waals surface area contributed by atoms with Gasteiger partial charge in [0.05, 0.1) is 12.5 Å². The molecule has 0 aliphatic carbocycles. The summed E-state index contributed by atoms with van der Waals surface area (Å²) in [5.74, 6) is -0.184. The Morgan fingerprint density at radius 3 is 2.50 bits per heavy atom. The van der Waals surface area contributed by atoms with Crippen LogP contribution >= 0.6 is 10.8 Å². The molecule has 0 unspecified atom stereocenters. The van der Waals surface area contributed by atoms with Gasteiger partial charge in [0.15, 0.2) is 0 Å². The molecule has 8 heteroatoms. The second kappa shape index (κ2) is 8.76. The van der Waals surface area contributed by atoms with Crippen molar-refractivity contribution in [2.75, 3.05) is 7.11 Å². The zero-order chi connectivity index (χ0) is 22.9. The molecule has 0 fully saturated rings. The number of methoxy groups -OCH3 is 1. The minimum absolute atomic E-state index is 0.192. The number of halogens is 1. The zero-order valence-corrected chi connectivity index (χ0v) is 18.4. The van der Waals surface area contributed by atoms with Crippen LogP contribution in [0.2, 0.25) is 0 Å². The number of benzene rings is 3. The average Bonchev–Trinajstić information content (AvgIpc) is 2.80. The minimum Gasteiger partial charge on any atom is -0.495 e. The molecule has 0 saturated carbocycles. The Kier molecular flexibility index (Phi) is 6.03. The van der Waals surface area contributed by atoms with Crippen LogP contribution in [0.4, 0.5) is 4.39 Å². The molecule has 0 amide bonds. The molecule has 3 N–H and O–H groups in total. The Morgan fingerprint density at radius 1 is 1.03 bits per heavy atom. The SMILES string of the molecule is COc1ccc(-c2cn(C)c(=O)c3cc(F)ccc23)cc1S(O)(O)NCc1ccccc1. The lowest BCUT2D eigenvalue weighted by atomic mass is 10.0. The van der Waals surface area contributed by atoms with Gasteiger partial charge in [-0.15, -0.1) is 10.8 Å². The van der Waals surface area contributed by atoms with E-state index in [1.165, 1.54) is 23.8 Å². The molecule has 0 spiro atoms. The summed E-state index contributed by atoms with van der Waals surface area (Å²) < 4.78 is 45.2. The number of aromatic nitrogens is 1. The van der Waals surface area contributed by atoms with E-state index in [1.807, 2.05) is 30.3 Å². The van der Waals surface area contributed by atoms with Crippen molar-refractivity contribution in [1.82, 2.24) is 9.29 Å². The summed E-state index contributed by atoms with van der Waals surface area (Å²) in [6, 6.07) is 18.5. The highest BCUT2D eigenvalue weighted by atomic mass is 32.3. The van der Waals surface area contributed by atoms with E-state index in [-0.39, 0.29) is 22.4 Å². The van der Waals surface area contributed by atoms with Gasteiger partial charge in [-0.2, -0.15) is 0 Å². The first-order valence-corrected chi connectivity index (χ1v) is 11.4.